The van der Waals surface area contributed by atoms with Gasteiger partial charge >= 0.3 is 5.97 Å². The highest BCUT2D eigenvalue weighted by atomic mass is 16.4. The Kier molecular flexibility index (Phi) is 17.0. The van der Waals surface area contributed by atoms with Crippen molar-refractivity contribution in [3.63, 3.8) is 0 Å². The van der Waals surface area contributed by atoms with Gasteiger partial charge in [0.05, 0.1) is 0 Å². The first-order chi connectivity index (χ1) is 11.7. The Labute approximate surface area is 148 Å². The molecule has 0 atom stereocenters. The molecule has 0 unspecified atom stereocenters. The zero-order chi connectivity index (χ0) is 17.9. The summed E-state index contributed by atoms with van der Waals surface area (Å²) < 4.78 is 0. The lowest BCUT2D eigenvalue weighted by Gasteiger charge is -2.02. The highest BCUT2D eigenvalue weighted by Gasteiger charge is 1.97. The third kappa shape index (κ3) is 18.7. The van der Waals surface area contributed by atoms with Gasteiger partial charge in [0.1, 0.15) is 0 Å². The number of aliphatic carboxylic acids is 1. The first-order valence-electron chi connectivity index (χ1n) is 9.80. The van der Waals surface area contributed by atoms with Gasteiger partial charge in [-0.3, -0.25) is 9.59 Å². The number of unbranched alkanes of at least 4 members (excludes halogenated alkanes) is 10. The molecule has 0 aromatic rings. The molecule has 24 heavy (non-hydrogen) atoms. The monoisotopic (exact) mass is 339 g/mol. The molecule has 0 aliphatic carbocycles. The molecule has 0 saturated carbocycles. The van der Waals surface area contributed by atoms with E-state index in [0.29, 0.717) is 19.4 Å². The quantitative estimate of drug-likeness (QED) is 0.282. The molecule has 4 nitrogen and oxygen atoms in total. The summed E-state index contributed by atoms with van der Waals surface area (Å²) in [7, 11) is 0. The molecule has 0 bridgehead atoms. The summed E-state index contributed by atoms with van der Waals surface area (Å²) >= 11 is 0. The maximum atomic E-state index is 11.2. The van der Waals surface area contributed by atoms with Crippen molar-refractivity contribution in [2.75, 3.05) is 6.54 Å². The molecule has 0 aliphatic rings. The van der Waals surface area contributed by atoms with E-state index in [1.54, 1.807) is 0 Å². The van der Waals surface area contributed by atoms with E-state index in [-0.39, 0.29) is 5.91 Å². The first kappa shape index (κ1) is 22.7. The molecule has 0 radical (unpaired) electrons. The number of amides is 1. The summed E-state index contributed by atoms with van der Waals surface area (Å²) in [5, 5.41) is 11.4. The first-order valence-corrected chi connectivity index (χ1v) is 9.80. The minimum absolute atomic E-state index is 0.143. The molecule has 0 spiro atoms. The van der Waals surface area contributed by atoms with Crippen molar-refractivity contribution in [1.82, 2.24) is 5.32 Å². The summed E-state index contributed by atoms with van der Waals surface area (Å²) in [6, 6.07) is 0. The maximum absolute atomic E-state index is 11.2. The molecule has 2 N–H and O–H groups in total. The summed E-state index contributed by atoms with van der Waals surface area (Å²) in [4.78, 5) is 21.6. The number of allylic oxidation sites excluding steroid dienone is 1. The van der Waals surface area contributed by atoms with Crippen molar-refractivity contribution in [3.8, 4) is 0 Å². The lowest BCUT2D eigenvalue weighted by molar-refractivity contribution is -0.137. The number of carboxylic acid groups (broad SMARTS) is 1. The topological polar surface area (TPSA) is 66.4 Å². The summed E-state index contributed by atoms with van der Waals surface area (Å²) in [5.41, 5.74) is 0. The van der Waals surface area contributed by atoms with Crippen LogP contribution in [0.15, 0.2) is 12.2 Å². The van der Waals surface area contributed by atoms with E-state index in [1.165, 1.54) is 51.4 Å². The van der Waals surface area contributed by atoms with E-state index in [2.05, 4.69) is 17.5 Å². The van der Waals surface area contributed by atoms with Crippen LogP contribution in [-0.4, -0.2) is 23.5 Å². The molecule has 0 aromatic heterocycles. The van der Waals surface area contributed by atoms with Gasteiger partial charge in [0.15, 0.2) is 0 Å². The Morgan fingerprint density at radius 2 is 1.33 bits per heavy atom. The minimum atomic E-state index is -0.675. The molecule has 4 heteroatoms. The van der Waals surface area contributed by atoms with Crippen LogP contribution in [0.4, 0.5) is 0 Å². The van der Waals surface area contributed by atoms with Crippen LogP contribution in [0.25, 0.3) is 0 Å². The van der Waals surface area contributed by atoms with E-state index in [4.69, 9.17) is 5.11 Å². The number of hydrogen-bond acceptors (Lipinski definition) is 2. The molecule has 0 aromatic carbocycles. The third-order valence-corrected chi connectivity index (χ3v) is 4.07. The van der Waals surface area contributed by atoms with Crippen molar-refractivity contribution >= 4 is 11.9 Å². The molecular formula is C20H37NO3. The average molecular weight is 340 g/mol. The van der Waals surface area contributed by atoms with Gasteiger partial charge in [-0.05, 0) is 25.7 Å². The Hall–Kier alpha value is -1.32. The van der Waals surface area contributed by atoms with Crippen molar-refractivity contribution in [2.45, 2.75) is 96.8 Å². The third-order valence-electron chi connectivity index (χ3n) is 4.07. The van der Waals surface area contributed by atoms with Gasteiger partial charge in [0.2, 0.25) is 5.91 Å². The molecule has 0 fully saturated rings. The normalized spacial score (nSPS) is 11.0. The SMILES string of the molecule is CCCC(=O)NC/C=C\CCCCCCCCCCCCC(=O)O. The predicted octanol–water partition coefficient (Wildman–Crippen LogP) is 5.22. The predicted molar refractivity (Wildman–Crippen MR) is 100 cm³/mol. The number of nitrogens with one attached hydrogen (secondary N) is 1. The number of carbonyl (C=O) groups excluding carboxylic acids is 1. The molecule has 1 amide bonds. The smallest absolute Gasteiger partial charge is 0.303 e. The van der Waals surface area contributed by atoms with Gasteiger partial charge in [-0.1, -0.05) is 70.4 Å². The second-order valence-corrected chi connectivity index (χ2v) is 6.49. The van der Waals surface area contributed by atoms with Crippen LogP contribution in [-0.2, 0) is 9.59 Å². The summed E-state index contributed by atoms with van der Waals surface area (Å²) in [6.45, 7) is 2.67. The Morgan fingerprint density at radius 1 is 0.792 bits per heavy atom. The molecule has 0 aliphatic heterocycles. The molecule has 0 saturated heterocycles. The van der Waals surface area contributed by atoms with Gasteiger partial charge in [-0.2, -0.15) is 0 Å². The largest absolute Gasteiger partial charge is 0.481 e. The second kappa shape index (κ2) is 18.0. The van der Waals surface area contributed by atoms with E-state index in [9.17, 15) is 9.59 Å². The lowest BCUT2D eigenvalue weighted by atomic mass is 10.1. The van der Waals surface area contributed by atoms with E-state index < -0.39 is 5.97 Å². The Balaban J connectivity index is 3.14. The van der Waals surface area contributed by atoms with Crippen LogP contribution in [0.5, 0.6) is 0 Å². The molecule has 140 valence electrons. The fourth-order valence-electron chi connectivity index (χ4n) is 2.64. The van der Waals surface area contributed by atoms with Gasteiger partial charge in [0, 0.05) is 19.4 Å². The Morgan fingerprint density at radius 3 is 1.88 bits per heavy atom. The maximum Gasteiger partial charge on any atom is 0.303 e. The van der Waals surface area contributed by atoms with Crippen molar-refractivity contribution in [2.24, 2.45) is 0 Å². The van der Waals surface area contributed by atoms with E-state index >= 15 is 0 Å². The van der Waals surface area contributed by atoms with E-state index in [1.807, 2.05) is 6.92 Å². The minimum Gasteiger partial charge on any atom is -0.481 e. The van der Waals surface area contributed by atoms with Crippen LogP contribution in [0.1, 0.15) is 96.8 Å². The summed E-state index contributed by atoms with van der Waals surface area (Å²) in [6.07, 6.45) is 19.2. The zero-order valence-electron chi connectivity index (χ0n) is 15.5. The van der Waals surface area contributed by atoms with Crippen molar-refractivity contribution < 1.29 is 14.7 Å². The lowest BCUT2D eigenvalue weighted by Crippen LogP contribution is -2.22. The number of carboxylic acids is 1. The van der Waals surface area contributed by atoms with Gasteiger partial charge in [0.25, 0.3) is 0 Å². The fourth-order valence-corrected chi connectivity index (χ4v) is 2.64. The Bertz CT molecular complexity index is 340. The van der Waals surface area contributed by atoms with E-state index in [0.717, 1.165) is 25.7 Å². The van der Waals surface area contributed by atoms with Gasteiger partial charge in [-0.25, -0.2) is 0 Å². The fraction of sp³-hybridized carbons (Fsp3) is 0.800. The van der Waals surface area contributed by atoms with Crippen LogP contribution in [0, 0.1) is 0 Å². The van der Waals surface area contributed by atoms with Crippen LogP contribution < -0.4 is 5.32 Å². The van der Waals surface area contributed by atoms with Gasteiger partial charge in [-0.15, -0.1) is 0 Å². The number of hydrogen-bond donors (Lipinski definition) is 2. The number of rotatable bonds is 17. The van der Waals surface area contributed by atoms with Crippen LogP contribution in [0.2, 0.25) is 0 Å². The standard InChI is InChI=1S/C20H37NO3/c1-2-16-19(22)21-18-15-13-11-9-7-5-3-4-6-8-10-12-14-17-20(23)24/h13,15H,2-12,14,16-18H2,1H3,(H,21,22)(H,23,24)/b15-13-. The van der Waals surface area contributed by atoms with Crippen LogP contribution in [0.3, 0.4) is 0 Å². The van der Waals surface area contributed by atoms with Crippen LogP contribution >= 0.6 is 0 Å². The zero-order valence-corrected chi connectivity index (χ0v) is 15.5. The van der Waals surface area contributed by atoms with Crippen molar-refractivity contribution in [1.29, 1.82) is 0 Å². The molecule has 0 heterocycles. The molecular weight excluding hydrogens is 302 g/mol. The van der Waals surface area contributed by atoms with Gasteiger partial charge < -0.3 is 10.4 Å². The second-order valence-electron chi connectivity index (χ2n) is 6.49. The number of carbonyl (C=O) groups is 2. The average Bonchev–Trinajstić information content (AvgIpc) is 2.54. The summed E-state index contributed by atoms with van der Waals surface area (Å²) in [5.74, 6) is -0.532. The highest BCUT2D eigenvalue weighted by Crippen LogP contribution is 2.12. The van der Waals surface area contributed by atoms with Crippen molar-refractivity contribution in [3.05, 3.63) is 12.2 Å². The highest BCUT2D eigenvalue weighted by molar-refractivity contribution is 5.75. The molecule has 0 rings (SSSR count).